The number of nitrogens with one attached hydrogen (secondary N) is 2. The molecule has 0 unspecified atom stereocenters. The lowest BCUT2D eigenvalue weighted by atomic mass is 10.1. The van der Waals surface area contributed by atoms with E-state index in [2.05, 4.69) is 22.5 Å². The van der Waals surface area contributed by atoms with E-state index in [1.165, 1.54) is 6.20 Å². The number of amides is 1. The van der Waals surface area contributed by atoms with Gasteiger partial charge >= 0.3 is 0 Å². The van der Waals surface area contributed by atoms with Crippen LogP contribution < -0.4 is 10.6 Å². The predicted octanol–water partition coefficient (Wildman–Crippen LogP) is 3.10. The molecule has 0 spiro atoms. The quantitative estimate of drug-likeness (QED) is 0.774. The van der Waals surface area contributed by atoms with Gasteiger partial charge in [-0.25, -0.2) is 4.98 Å². The van der Waals surface area contributed by atoms with E-state index in [1.54, 1.807) is 6.07 Å². The number of carbonyl (C=O) groups excluding carboxylic acids is 1. The zero-order valence-electron chi connectivity index (χ0n) is 13.1. The largest absolute Gasteiger partial charge is 0.374 e. The molecule has 0 radical (unpaired) electrons. The maximum absolute atomic E-state index is 12.2. The first-order valence-electron chi connectivity index (χ1n) is 7.21. The van der Waals surface area contributed by atoms with E-state index < -0.39 is 5.60 Å². The highest BCUT2D eigenvalue weighted by molar-refractivity contribution is 6.33. The molecule has 0 aromatic carbocycles. The maximum atomic E-state index is 12.2. The third-order valence-electron chi connectivity index (χ3n) is 2.87. The number of carbonyl (C=O) groups is 1. The minimum atomic E-state index is -0.410. The lowest BCUT2D eigenvalue weighted by Gasteiger charge is -2.25. The lowest BCUT2D eigenvalue weighted by molar-refractivity contribution is -0.00815. The molecule has 1 heterocycles. The summed E-state index contributed by atoms with van der Waals surface area (Å²) in [7, 11) is 0. The maximum Gasteiger partial charge on any atom is 0.253 e. The summed E-state index contributed by atoms with van der Waals surface area (Å²) in [6.07, 6.45) is 2.47. The molecule has 0 aliphatic heterocycles. The second-order valence-corrected chi connectivity index (χ2v) is 5.76. The Balaban J connectivity index is 2.72. The van der Waals surface area contributed by atoms with Gasteiger partial charge in [0.25, 0.3) is 5.91 Å². The number of hydrogen-bond acceptors (Lipinski definition) is 4. The molecule has 118 valence electrons. The first kappa shape index (κ1) is 17.7. The molecule has 1 aromatic heterocycles. The van der Waals surface area contributed by atoms with E-state index in [0.29, 0.717) is 29.6 Å². The monoisotopic (exact) mass is 313 g/mol. The molecule has 0 aliphatic carbocycles. The molecular weight excluding hydrogens is 290 g/mol. The summed E-state index contributed by atoms with van der Waals surface area (Å²) < 4.78 is 5.55. The first-order valence-corrected chi connectivity index (χ1v) is 7.59. The average molecular weight is 314 g/mol. The number of halogens is 1. The van der Waals surface area contributed by atoms with Gasteiger partial charge in [-0.15, -0.1) is 0 Å². The van der Waals surface area contributed by atoms with Gasteiger partial charge in [-0.1, -0.05) is 18.5 Å². The summed E-state index contributed by atoms with van der Waals surface area (Å²) in [5, 5.41) is 6.32. The summed E-state index contributed by atoms with van der Waals surface area (Å²) in [5.74, 6) is 0.421. The van der Waals surface area contributed by atoms with Crippen molar-refractivity contribution in [3.05, 3.63) is 22.8 Å². The van der Waals surface area contributed by atoms with Gasteiger partial charge in [0.2, 0.25) is 0 Å². The molecule has 0 bridgehead atoms. The van der Waals surface area contributed by atoms with Crippen LogP contribution in [0.5, 0.6) is 0 Å². The summed E-state index contributed by atoms with van der Waals surface area (Å²) in [6.45, 7) is 9.66. The van der Waals surface area contributed by atoms with Gasteiger partial charge in [0.15, 0.2) is 0 Å². The molecule has 0 atom stereocenters. The van der Waals surface area contributed by atoms with Crippen molar-refractivity contribution in [1.29, 1.82) is 0 Å². The van der Waals surface area contributed by atoms with Crippen molar-refractivity contribution in [2.24, 2.45) is 0 Å². The van der Waals surface area contributed by atoms with E-state index in [-0.39, 0.29) is 5.91 Å². The topological polar surface area (TPSA) is 63.2 Å². The third kappa shape index (κ3) is 5.89. The Morgan fingerprint density at radius 3 is 2.76 bits per heavy atom. The second-order valence-electron chi connectivity index (χ2n) is 5.35. The Morgan fingerprint density at radius 1 is 1.43 bits per heavy atom. The molecular formula is C15H24ClN3O2. The van der Waals surface area contributed by atoms with E-state index in [0.717, 1.165) is 13.0 Å². The molecule has 6 heteroatoms. The van der Waals surface area contributed by atoms with Crippen molar-refractivity contribution < 1.29 is 9.53 Å². The van der Waals surface area contributed by atoms with Crippen LogP contribution in [0.15, 0.2) is 12.3 Å². The zero-order chi connectivity index (χ0) is 15.9. The number of rotatable bonds is 8. The number of hydrogen-bond donors (Lipinski definition) is 2. The molecule has 1 amide bonds. The molecule has 0 aliphatic rings. The van der Waals surface area contributed by atoms with Crippen molar-refractivity contribution >= 4 is 23.3 Å². The van der Waals surface area contributed by atoms with Crippen LogP contribution in [0.3, 0.4) is 0 Å². The molecule has 0 fully saturated rings. The number of anilines is 1. The Bertz CT molecular complexity index is 478. The SMILES string of the molecule is CCCNc1cc(C(=O)NCC(C)(C)OCC)c(Cl)cn1. The molecule has 5 nitrogen and oxygen atoms in total. The lowest BCUT2D eigenvalue weighted by Crippen LogP contribution is -2.40. The van der Waals surface area contributed by atoms with Crippen LogP contribution >= 0.6 is 11.6 Å². The van der Waals surface area contributed by atoms with Crippen LogP contribution in [0.25, 0.3) is 0 Å². The van der Waals surface area contributed by atoms with Crippen LogP contribution in [0, 0.1) is 0 Å². The van der Waals surface area contributed by atoms with Crippen molar-refractivity contribution in [1.82, 2.24) is 10.3 Å². The van der Waals surface area contributed by atoms with Crippen LogP contribution in [0.1, 0.15) is 44.5 Å². The van der Waals surface area contributed by atoms with Crippen molar-refractivity contribution in [2.45, 2.75) is 39.7 Å². The number of ether oxygens (including phenoxy) is 1. The second kappa shape index (κ2) is 8.20. The van der Waals surface area contributed by atoms with E-state index in [4.69, 9.17) is 16.3 Å². The van der Waals surface area contributed by atoms with E-state index >= 15 is 0 Å². The number of pyridine rings is 1. The Labute approximate surface area is 131 Å². The Morgan fingerprint density at radius 2 is 2.14 bits per heavy atom. The summed E-state index contributed by atoms with van der Waals surface area (Å²) in [6, 6.07) is 1.67. The van der Waals surface area contributed by atoms with Crippen LogP contribution in [0.4, 0.5) is 5.82 Å². The molecule has 2 N–H and O–H groups in total. The van der Waals surface area contributed by atoms with Gasteiger partial charge < -0.3 is 15.4 Å². The van der Waals surface area contributed by atoms with Gasteiger partial charge in [-0.2, -0.15) is 0 Å². The summed E-state index contributed by atoms with van der Waals surface area (Å²) >= 11 is 6.05. The zero-order valence-corrected chi connectivity index (χ0v) is 13.9. The first-order chi connectivity index (χ1) is 9.89. The van der Waals surface area contributed by atoms with Gasteiger partial charge in [-0.05, 0) is 33.3 Å². The third-order valence-corrected chi connectivity index (χ3v) is 3.17. The van der Waals surface area contributed by atoms with Crippen LogP contribution in [0.2, 0.25) is 5.02 Å². The van der Waals surface area contributed by atoms with Gasteiger partial charge in [0, 0.05) is 25.9 Å². The van der Waals surface area contributed by atoms with E-state index in [9.17, 15) is 4.79 Å². The van der Waals surface area contributed by atoms with Gasteiger partial charge in [0.05, 0.1) is 16.2 Å². The molecule has 1 rings (SSSR count). The van der Waals surface area contributed by atoms with Crippen LogP contribution in [-0.4, -0.2) is 36.2 Å². The smallest absolute Gasteiger partial charge is 0.253 e. The molecule has 1 aromatic rings. The predicted molar refractivity (Wildman–Crippen MR) is 86.1 cm³/mol. The molecule has 0 saturated carbocycles. The minimum Gasteiger partial charge on any atom is -0.374 e. The number of aromatic nitrogens is 1. The van der Waals surface area contributed by atoms with E-state index in [1.807, 2.05) is 20.8 Å². The Kier molecular flexibility index (Phi) is 6.92. The van der Waals surface area contributed by atoms with Crippen molar-refractivity contribution in [2.75, 3.05) is 25.0 Å². The van der Waals surface area contributed by atoms with Gasteiger partial charge in [0.1, 0.15) is 5.82 Å². The standard InChI is InChI=1S/C15H24ClN3O2/c1-5-7-17-13-8-11(12(16)9-18-13)14(20)19-10-15(3,4)21-6-2/h8-9H,5-7,10H2,1-4H3,(H,17,18)(H,19,20). The molecule has 0 saturated heterocycles. The number of nitrogens with zero attached hydrogens (tertiary/aromatic N) is 1. The minimum absolute atomic E-state index is 0.227. The normalized spacial score (nSPS) is 11.3. The van der Waals surface area contributed by atoms with Crippen LogP contribution in [-0.2, 0) is 4.74 Å². The van der Waals surface area contributed by atoms with Gasteiger partial charge in [-0.3, -0.25) is 4.79 Å². The fraction of sp³-hybridized carbons (Fsp3) is 0.600. The van der Waals surface area contributed by atoms with Crippen molar-refractivity contribution in [3.8, 4) is 0 Å². The average Bonchev–Trinajstić information content (AvgIpc) is 2.44. The summed E-state index contributed by atoms with van der Waals surface area (Å²) in [5.41, 5.74) is 0.00490. The Hall–Kier alpha value is -1.33. The highest BCUT2D eigenvalue weighted by Gasteiger charge is 2.20. The fourth-order valence-electron chi connectivity index (χ4n) is 1.79. The highest BCUT2D eigenvalue weighted by Crippen LogP contribution is 2.18. The van der Waals surface area contributed by atoms with Crippen molar-refractivity contribution in [3.63, 3.8) is 0 Å². The highest BCUT2D eigenvalue weighted by atomic mass is 35.5. The summed E-state index contributed by atoms with van der Waals surface area (Å²) in [4.78, 5) is 16.4. The fourth-order valence-corrected chi connectivity index (χ4v) is 1.98. The molecule has 21 heavy (non-hydrogen) atoms.